The van der Waals surface area contributed by atoms with Crippen molar-refractivity contribution in [2.45, 2.75) is 6.61 Å². The lowest BCUT2D eigenvalue weighted by Gasteiger charge is -2.06. The molecule has 8 heteroatoms. The molecule has 0 heterocycles. The van der Waals surface area contributed by atoms with Crippen molar-refractivity contribution >= 4 is 5.69 Å². The average Bonchev–Trinajstić information content (AvgIpc) is 2.16. The van der Waals surface area contributed by atoms with Crippen molar-refractivity contribution in [3.8, 4) is 11.8 Å². The zero-order valence-corrected chi connectivity index (χ0v) is 7.49. The van der Waals surface area contributed by atoms with E-state index in [0.717, 1.165) is 0 Å². The zero-order chi connectivity index (χ0) is 12.3. The van der Waals surface area contributed by atoms with Crippen molar-refractivity contribution in [3.63, 3.8) is 0 Å². The minimum atomic E-state index is -3.38. The van der Waals surface area contributed by atoms with Gasteiger partial charge in [0.15, 0.2) is 0 Å². The second kappa shape index (κ2) is 4.48. The van der Waals surface area contributed by atoms with Gasteiger partial charge in [-0.15, -0.1) is 0 Å². The predicted octanol–water partition coefficient (Wildman–Crippen LogP) is 2.21. The molecule has 0 saturated carbocycles. The molecule has 1 rings (SSSR count). The van der Waals surface area contributed by atoms with Crippen LogP contribution < -0.4 is 4.74 Å². The number of nitriles is 1. The van der Waals surface area contributed by atoms with Gasteiger partial charge in [-0.2, -0.15) is 14.0 Å². The quantitative estimate of drug-likeness (QED) is 0.591. The Labute approximate surface area is 86.8 Å². The number of halogens is 3. The van der Waals surface area contributed by atoms with E-state index < -0.39 is 34.4 Å². The molecule has 0 aliphatic heterocycles. The van der Waals surface area contributed by atoms with E-state index in [2.05, 4.69) is 4.74 Å². The Kier molecular flexibility index (Phi) is 3.30. The normalized spacial score (nSPS) is 9.94. The van der Waals surface area contributed by atoms with Gasteiger partial charge in [0.05, 0.1) is 4.92 Å². The molecule has 0 amide bonds. The highest BCUT2D eigenvalue weighted by Gasteiger charge is 2.25. The van der Waals surface area contributed by atoms with Crippen LogP contribution in [0.5, 0.6) is 5.75 Å². The fourth-order valence-corrected chi connectivity index (χ4v) is 1.00. The highest BCUT2D eigenvalue weighted by molar-refractivity contribution is 5.57. The van der Waals surface area contributed by atoms with E-state index in [1.807, 2.05) is 0 Å². The maximum absolute atomic E-state index is 13.0. The summed E-state index contributed by atoms with van der Waals surface area (Å²) in [4.78, 5) is 9.39. The van der Waals surface area contributed by atoms with Gasteiger partial charge in [-0.05, 0) is 6.07 Å². The molecule has 1 aromatic carbocycles. The standard InChI is InChI=1S/C8H3F3N2O3/c9-5-1-2-6(13(14)15)7(4(5)3-12)16-8(10)11/h1-2,8H. The summed E-state index contributed by atoms with van der Waals surface area (Å²) in [6.45, 7) is -3.38. The number of nitro benzene ring substituents is 1. The van der Waals surface area contributed by atoms with Gasteiger partial charge in [-0.25, -0.2) is 4.39 Å². The Hall–Kier alpha value is -2.30. The molecule has 0 aromatic heterocycles. The van der Waals surface area contributed by atoms with Crippen LogP contribution in [-0.4, -0.2) is 11.5 Å². The SMILES string of the molecule is N#Cc1c(F)ccc([N+](=O)[O-])c1OC(F)F. The molecule has 0 aliphatic carbocycles. The Bertz CT molecular complexity index is 470. The first-order valence-corrected chi connectivity index (χ1v) is 3.79. The molecule has 5 nitrogen and oxygen atoms in total. The van der Waals surface area contributed by atoms with E-state index in [4.69, 9.17) is 5.26 Å². The second-order valence-electron chi connectivity index (χ2n) is 2.52. The van der Waals surface area contributed by atoms with Crippen LogP contribution in [0.2, 0.25) is 0 Å². The molecule has 1 aromatic rings. The lowest BCUT2D eigenvalue weighted by Crippen LogP contribution is -2.07. The molecule has 16 heavy (non-hydrogen) atoms. The summed E-state index contributed by atoms with van der Waals surface area (Å²) in [5.74, 6) is -2.23. The number of nitrogens with zero attached hydrogens (tertiary/aromatic N) is 2. The smallest absolute Gasteiger partial charge is 0.387 e. The molecule has 0 fully saturated rings. The van der Waals surface area contributed by atoms with Gasteiger partial charge in [0.1, 0.15) is 17.4 Å². The summed E-state index contributed by atoms with van der Waals surface area (Å²) in [7, 11) is 0. The highest BCUT2D eigenvalue weighted by Crippen LogP contribution is 2.33. The number of rotatable bonds is 3. The fraction of sp³-hybridized carbons (Fsp3) is 0.125. The second-order valence-corrected chi connectivity index (χ2v) is 2.52. The van der Waals surface area contributed by atoms with Crippen molar-refractivity contribution in [1.29, 1.82) is 5.26 Å². The van der Waals surface area contributed by atoms with Gasteiger partial charge in [-0.3, -0.25) is 10.1 Å². The van der Waals surface area contributed by atoms with Crippen molar-refractivity contribution in [3.05, 3.63) is 33.6 Å². The Morgan fingerprint density at radius 1 is 1.50 bits per heavy atom. The van der Waals surface area contributed by atoms with Crippen molar-refractivity contribution in [2.24, 2.45) is 0 Å². The van der Waals surface area contributed by atoms with Crippen LogP contribution >= 0.6 is 0 Å². The number of hydrogen-bond acceptors (Lipinski definition) is 4. The maximum atomic E-state index is 13.0. The van der Waals surface area contributed by atoms with Crippen molar-refractivity contribution < 1.29 is 22.8 Å². The van der Waals surface area contributed by atoms with Gasteiger partial charge >= 0.3 is 12.3 Å². The van der Waals surface area contributed by atoms with E-state index in [-0.39, 0.29) is 0 Å². The Morgan fingerprint density at radius 3 is 2.56 bits per heavy atom. The summed E-state index contributed by atoms with van der Waals surface area (Å²) in [5, 5.41) is 18.9. The largest absolute Gasteiger partial charge is 0.426 e. The van der Waals surface area contributed by atoms with Crippen LogP contribution in [0.4, 0.5) is 18.9 Å². The maximum Gasteiger partial charge on any atom is 0.387 e. The van der Waals surface area contributed by atoms with Crippen LogP contribution in [0.1, 0.15) is 5.56 Å². The van der Waals surface area contributed by atoms with Crippen LogP contribution in [0.25, 0.3) is 0 Å². The predicted molar refractivity (Wildman–Crippen MR) is 44.4 cm³/mol. The number of benzene rings is 1. The van der Waals surface area contributed by atoms with Gasteiger partial charge in [0.2, 0.25) is 5.75 Å². The third kappa shape index (κ3) is 2.20. The van der Waals surface area contributed by atoms with Gasteiger partial charge in [-0.1, -0.05) is 0 Å². The molecule has 0 spiro atoms. The first-order chi connectivity index (χ1) is 7.47. The van der Waals surface area contributed by atoms with E-state index in [0.29, 0.717) is 12.1 Å². The van der Waals surface area contributed by atoms with E-state index >= 15 is 0 Å². The molecule has 0 aliphatic rings. The first-order valence-electron chi connectivity index (χ1n) is 3.79. The van der Waals surface area contributed by atoms with Gasteiger partial charge < -0.3 is 4.74 Å². The average molecular weight is 232 g/mol. The van der Waals surface area contributed by atoms with E-state index in [1.165, 1.54) is 6.07 Å². The minimum Gasteiger partial charge on any atom is -0.426 e. The molecule has 0 unspecified atom stereocenters. The molecule has 0 atom stereocenters. The summed E-state index contributed by atoms with van der Waals surface area (Å²) < 4.78 is 40.6. The van der Waals surface area contributed by atoms with E-state index in [1.54, 1.807) is 0 Å². The number of nitro groups is 1. The van der Waals surface area contributed by atoms with E-state index in [9.17, 15) is 23.3 Å². The van der Waals surface area contributed by atoms with Gasteiger partial charge in [0.25, 0.3) is 0 Å². The first kappa shape index (κ1) is 11.8. The lowest BCUT2D eigenvalue weighted by molar-refractivity contribution is -0.386. The van der Waals surface area contributed by atoms with Crippen LogP contribution in [0.3, 0.4) is 0 Å². The summed E-state index contributed by atoms with van der Waals surface area (Å²) >= 11 is 0. The number of alkyl halides is 2. The highest BCUT2D eigenvalue weighted by atomic mass is 19.3. The number of ether oxygens (including phenoxy) is 1. The zero-order valence-electron chi connectivity index (χ0n) is 7.49. The molecule has 0 N–H and O–H groups in total. The van der Waals surface area contributed by atoms with Crippen LogP contribution in [0.15, 0.2) is 12.1 Å². The molecule has 0 bridgehead atoms. The molecular formula is C8H3F3N2O3. The van der Waals surface area contributed by atoms with Crippen LogP contribution in [-0.2, 0) is 0 Å². The Morgan fingerprint density at radius 2 is 2.12 bits per heavy atom. The molecule has 0 radical (unpaired) electrons. The third-order valence-electron chi connectivity index (χ3n) is 1.60. The third-order valence-corrected chi connectivity index (χ3v) is 1.60. The summed E-state index contributed by atoms with van der Waals surface area (Å²) in [5.41, 5.74) is -1.81. The van der Waals surface area contributed by atoms with Crippen LogP contribution in [0, 0.1) is 27.3 Å². The molecule has 84 valence electrons. The van der Waals surface area contributed by atoms with Crippen molar-refractivity contribution in [2.75, 3.05) is 0 Å². The molecular weight excluding hydrogens is 229 g/mol. The van der Waals surface area contributed by atoms with Crippen molar-refractivity contribution in [1.82, 2.24) is 0 Å². The summed E-state index contributed by atoms with van der Waals surface area (Å²) in [6.07, 6.45) is 0. The van der Waals surface area contributed by atoms with Gasteiger partial charge in [0, 0.05) is 6.07 Å². The summed E-state index contributed by atoms with van der Waals surface area (Å²) in [6, 6.07) is 2.51. The number of hydrogen-bond donors (Lipinski definition) is 0. The topological polar surface area (TPSA) is 76.2 Å². The molecule has 0 saturated heterocycles. The lowest BCUT2D eigenvalue weighted by atomic mass is 10.2. The minimum absolute atomic E-state index is 0.634. The fourth-order valence-electron chi connectivity index (χ4n) is 1.00. The monoisotopic (exact) mass is 232 g/mol. The Balaban J connectivity index is 3.42.